The summed E-state index contributed by atoms with van der Waals surface area (Å²) in [5.41, 5.74) is 5.85. The van der Waals surface area contributed by atoms with Crippen LogP contribution in [0.1, 0.15) is 30.0 Å². The molecule has 0 aliphatic heterocycles. The lowest BCUT2D eigenvalue weighted by Crippen LogP contribution is -2.37. The normalized spacial score (nSPS) is 11.9. The van der Waals surface area contributed by atoms with Crippen LogP contribution in [0, 0.1) is 6.92 Å². The highest BCUT2D eigenvalue weighted by molar-refractivity contribution is 5.88. The minimum absolute atomic E-state index is 0.149. The summed E-state index contributed by atoms with van der Waals surface area (Å²) in [5, 5.41) is 17.4. The van der Waals surface area contributed by atoms with E-state index in [-0.39, 0.29) is 11.7 Å². The van der Waals surface area contributed by atoms with E-state index in [4.69, 9.17) is 0 Å². The predicted octanol–water partition coefficient (Wildman–Crippen LogP) is 3.77. The smallest absolute Gasteiger partial charge is 0.262 e. The summed E-state index contributed by atoms with van der Waals surface area (Å²) >= 11 is 0. The maximum Gasteiger partial charge on any atom is 0.262 e. The zero-order valence-electron chi connectivity index (χ0n) is 15.2. The number of hydrogen-bond donors (Lipinski definition) is 3. The van der Waals surface area contributed by atoms with Crippen molar-refractivity contribution < 1.29 is 9.90 Å². The maximum atomic E-state index is 12.4. The monoisotopic (exact) mass is 351 g/mol. The fourth-order valence-corrected chi connectivity index (χ4v) is 2.55. The molecule has 0 aliphatic carbocycles. The molecule has 5 heteroatoms. The van der Waals surface area contributed by atoms with Crippen LogP contribution in [-0.4, -0.2) is 23.3 Å². The van der Waals surface area contributed by atoms with Gasteiger partial charge < -0.3 is 10.4 Å². The zero-order valence-corrected chi connectivity index (χ0v) is 15.2. The third kappa shape index (κ3) is 4.96. The molecular weight excluding hydrogens is 326 g/mol. The van der Waals surface area contributed by atoms with Crippen LogP contribution < -0.4 is 10.7 Å². The molecule has 1 amide bonds. The molecule has 1 atom stereocenters. The number of nitrogens with zero attached hydrogens (tertiary/aromatic N) is 1. The molecule has 0 fully saturated rings. The van der Waals surface area contributed by atoms with Gasteiger partial charge in [0.2, 0.25) is 0 Å². The van der Waals surface area contributed by atoms with Crippen molar-refractivity contribution in [3.05, 3.63) is 71.8 Å². The molecule has 26 heavy (non-hydrogen) atoms. The Labute approximate surface area is 154 Å². The number of aryl methyl sites for hydroxylation is 1. The summed E-state index contributed by atoms with van der Waals surface area (Å²) in [6.07, 6.45) is 4.36. The Hall–Kier alpha value is -3.08. The Bertz CT molecular complexity index is 800. The summed E-state index contributed by atoms with van der Waals surface area (Å²) < 4.78 is 0. The van der Waals surface area contributed by atoms with E-state index in [1.54, 1.807) is 12.1 Å². The molecular formula is C21H25N3O2. The Morgan fingerprint density at radius 3 is 2.73 bits per heavy atom. The van der Waals surface area contributed by atoms with Gasteiger partial charge in [-0.1, -0.05) is 43.3 Å². The molecule has 0 saturated heterocycles. The standard InChI is InChI=1S/C21H25N3O2/c1-4-9-16-11-8-12-17(20(16)25)14-22-24-21(26)18(5-2)23-19-13-7-6-10-15(19)3/h4,6-8,10-14,18,23,25H,1,5,9H2,2-3H3,(H,24,26). The van der Waals surface area contributed by atoms with Crippen LogP contribution in [0.2, 0.25) is 0 Å². The second-order valence-corrected chi connectivity index (χ2v) is 6.00. The number of anilines is 1. The minimum Gasteiger partial charge on any atom is -0.507 e. The van der Waals surface area contributed by atoms with Gasteiger partial charge >= 0.3 is 0 Å². The van der Waals surface area contributed by atoms with E-state index in [1.165, 1.54) is 6.21 Å². The topological polar surface area (TPSA) is 73.7 Å². The van der Waals surface area contributed by atoms with Gasteiger partial charge in [-0.3, -0.25) is 4.79 Å². The number of phenols is 1. The largest absolute Gasteiger partial charge is 0.507 e. The first-order valence-corrected chi connectivity index (χ1v) is 8.63. The molecule has 136 valence electrons. The second kappa shape index (κ2) is 9.42. The first-order valence-electron chi connectivity index (χ1n) is 8.63. The number of hydrogen-bond acceptors (Lipinski definition) is 4. The highest BCUT2D eigenvalue weighted by atomic mass is 16.3. The molecule has 0 bridgehead atoms. The fourth-order valence-electron chi connectivity index (χ4n) is 2.55. The van der Waals surface area contributed by atoms with Crippen molar-refractivity contribution in [1.29, 1.82) is 0 Å². The SMILES string of the molecule is C=CCc1cccc(C=NNC(=O)C(CC)Nc2ccccc2C)c1O. The zero-order chi connectivity index (χ0) is 18.9. The predicted molar refractivity (Wildman–Crippen MR) is 107 cm³/mol. The molecule has 0 spiro atoms. The number of benzene rings is 2. The van der Waals surface area contributed by atoms with Crippen molar-refractivity contribution in [1.82, 2.24) is 5.43 Å². The molecule has 1 unspecified atom stereocenters. The molecule has 0 heterocycles. The number of para-hydroxylation sites is 2. The number of nitrogens with one attached hydrogen (secondary N) is 2. The number of carbonyl (C=O) groups excluding carboxylic acids is 1. The molecule has 5 nitrogen and oxygen atoms in total. The summed E-state index contributed by atoms with van der Waals surface area (Å²) in [6.45, 7) is 7.60. The Balaban J connectivity index is 2.02. The van der Waals surface area contributed by atoms with Gasteiger partial charge in [0.05, 0.1) is 6.21 Å². The van der Waals surface area contributed by atoms with E-state index in [1.807, 2.05) is 50.2 Å². The first-order chi connectivity index (χ1) is 12.6. The van der Waals surface area contributed by atoms with E-state index in [0.29, 0.717) is 18.4 Å². The molecule has 2 aromatic rings. The highest BCUT2D eigenvalue weighted by Crippen LogP contribution is 2.21. The van der Waals surface area contributed by atoms with Crippen molar-refractivity contribution in [2.75, 3.05) is 5.32 Å². The van der Waals surface area contributed by atoms with Gasteiger partial charge in [-0.15, -0.1) is 6.58 Å². The van der Waals surface area contributed by atoms with Crippen molar-refractivity contribution in [2.24, 2.45) is 5.10 Å². The van der Waals surface area contributed by atoms with E-state index in [2.05, 4.69) is 22.4 Å². The summed E-state index contributed by atoms with van der Waals surface area (Å²) in [4.78, 5) is 12.4. The van der Waals surface area contributed by atoms with Crippen LogP contribution in [0.5, 0.6) is 5.75 Å². The van der Waals surface area contributed by atoms with Crippen LogP contribution in [-0.2, 0) is 11.2 Å². The molecule has 0 aliphatic rings. The van der Waals surface area contributed by atoms with Crippen LogP contribution in [0.15, 0.2) is 60.2 Å². The maximum absolute atomic E-state index is 12.4. The third-order valence-corrected chi connectivity index (χ3v) is 4.09. The summed E-state index contributed by atoms with van der Waals surface area (Å²) in [6, 6.07) is 12.8. The lowest BCUT2D eigenvalue weighted by Gasteiger charge is -2.17. The minimum atomic E-state index is -0.394. The van der Waals surface area contributed by atoms with Crippen molar-refractivity contribution >= 4 is 17.8 Å². The molecule has 2 aromatic carbocycles. The molecule has 3 N–H and O–H groups in total. The van der Waals surface area contributed by atoms with Crippen molar-refractivity contribution in [2.45, 2.75) is 32.7 Å². The fraction of sp³-hybridized carbons (Fsp3) is 0.238. The van der Waals surface area contributed by atoms with E-state index >= 15 is 0 Å². The van der Waals surface area contributed by atoms with Gasteiger partial charge in [0.25, 0.3) is 5.91 Å². The van der Waals surface area contributed by atoms with Crippen molar-refractivity contribution in [3.8, 4) is 5.75 Å². The number of carbonyl (C=O) groups is 1. The molecule has 0 aromatic heterocycles. The highest BCUT2D eigenvalue weighted by Gasteiger charge is 2.16. The van der Waals surface area contributed by atoms with Crippen LogP contribution in [0.4, 0.5) is 5.69 Å². The number of rotatable bonds is 8. The number of amides is 1. The van der Waals surface area contributed by atoms with Crippen molar-refractivity contribution in [3.63, 3.8) is 0 Å². The van der Waals surface area contributed by atoms with Gasteiger partial charge in [0.15, 0.2) is 0 Å². The van der Waals surface area contributed by atoms with E-state index in [0.717, 1.165) is 16.8 Å². The van der Waals surface area contributed by atoms with Gasteiger partial charge in [-0.05, 0) is 43.0 Å². The Morgan fingerprint density at radius 1 is 1.27 bits per heavy atom. The summed E-state index contributed by atoms with van der Waals surface area (Å²) in [5.74, 6) is -0.0794. The van der Waals surface area contributed by atoms with Gasteiger partial charge in [0, 0.05) is 11.3 Å². The summed E-state index contributed by atoms with van der Waals surface area (Å²) in [7, 11) is 0. The average Bonchev–Trinajstić information content (AvgIpc) is 2.64. The lowest BCUT2D eigenvalue weighted by molar-refractivity contribution is -0.121. The van der Waals surface area contributed by atoms with Gasteiger partial charge in [-0.2, -0.15) is 5.10 Å². The van der Waals surface area contributed by atoms with E-state index in [9.17, 15) is 9.90 Å². The number of phenolic OH excluding ortho intramolecular Hbond substituents is 1. The van der Waals surface area contributed by atoms with Crippen LogP contribution >= 0.6 is 0 Å². The second-order valence-electron chi connectivity index (χ2n) is 6.00. The number of allylic oxidation sites excluding steroid dienone is 1. The van der Waals surface area contributed by atoms with Crippen LogP contribution in [0.3, 0.4) is 0 Å². The van der Waals surface area contributed by atoms with Gasteiger partial charge in [-0.25, -0.2) is 5.43 Å². The Morgan fingerprint density at radius 2 is 2.04 bits per heavy atom. The molecule has 0 radical (unpaired) electrons. The average molecular weight is 351 g/mol. The number of aromatic hydroxyl groups is 1. The van der Waals surface area contributed by atoms with E-state index < -0.39 is 6.04 Å². The third-order valence-electron chi connectivity index (χ3n) is 4.09. The first kappa shape index (κ1) is 19.2. The van der Waals surface area contributed by atoms with Gasteiger partial charge in [0.1, 0.15) is 11.8 Å². The lowest BCUT2D eigenvalue weighted by atomic mass is 10.1. The molecule has 0 saturated carbocycles. The molecule has 2 rings (SSSR count). The quantitative estimate of drug-likeness (QED) is 0.385. The number of hydrazone groups is 1. The van der Waals surface area contributed by atoms with Crippen LogP contribution in [0.25, 0.3) is 0 Å². The Kier molecular flexibility index (Phi) is 6.97.